The summed E-state index contributed by atoms with van der Waals surface area (Å²) in [4.78, 5) is 19.1. The quantitative estimate of drug-likeness (QED) is 0.462. The molecule has 0 spiro atoms. The summed E-state index contributed by atoms with van der Waals surface area (Å²) in [5.74, 6) is -1.85. The first-order valence-electron chi connectivity index (χ1n) is 3.72. The number of carboxylic acid groups (broad SMARTS) is 2. The van der Waals surface area contributed by atoms with Crippen molar-refractivity contribution in [2.75, 3.05) is 13.2 Å². The minimum atomic E-state index is -1.01. The van der Waals surface area contributed by atoms with Crippen LogP contribution in [0.4, 0.5) is 0 Å². The SMILES string of the molecule is CC(=O)O.CCNC(CO)C(=O)O. The summed E-state index contributed by atoms with van der Waals surface area (Å²) < 4.78 is 0. The second kappa shape index (κ2) is 8.95. The highest BCUT2D eigenvalue weighted by atomic mass is 16.4. The number of hydrogen-bond donors (Lipinski definition) is 4. The maximum absolute atomic E-state index is 10.1. The molecule has 0 aromatic carbocycles. The van der Waals surface area contributed by atoms with Crippen molar-refractivity contribution in [3.05, 3.63) is 0 Å². The molecule has 0 bridgehead atoms. The van der Waals surface area contributed by atoms with Gasteiger partial charge < -0.3 is 20.6 Å². The molecule has 1 unspecified atom stereocenters. The molecular weight excluding hydrogens is 178 g/mol. The van der Waals surface area contributed by atoms with Crippen LogP contribution in [0.25, 0.3) is 0 Å². The van der Waals surface area contributed by atoms with E-state index in [0.717, 1.165) is 6.92 Å². The lowest BCUT2D eigenvalue weighted by atomic mass is 10.3. The lowest BCUT2D eigenvalue weighted by Gasteiger charge is -2.07. The second-order valence-electron chi connectivity index (χ2n) is 2.15. The van der Waals surface area contributed by atoms with Crippen LogP contribution < -0.4 is 5.32 Å². The average molecular weight is 193 g/mol. The van der Waals surface area contributed by atoms with Gasteiger partial charge in [-0.1, -0.05) is 6.92 Å². The molecular formula is C7H15NO5. The van der Waals surface area contributed by atoms with Crippen molar-refractivity contribution in [2.24, 2.45) is 0 Å². The van der Waals surface area contributed by atoms with Gasteiger partial charge in [0.05, 0.1) is 6.61 Å². The molecule has 0 heterocycles. The molecule has 6 nitrogen and oxygen atoms in total. The van der Waals surface area contributed by atoms with Crippen molar-refractivity contribution in [3.63, 3.8) is 0 Å². The number of nitrogens with one attached hydrogen (secondary N) is 1. The largest absolute Gasteiger partial charge is 0.481 e. The topological polar surface area (TPSA) is 107 Å². The highest BCUT2D eigenvalue weighted by Crippen LogP contribution is 1.79. The van der Waals surface area contributed by atoms with E-state index in [-0.39, 0.29) is 6.61 Å². The molecule has 0 rings (SSSR count). The van der Waals surface area contributed by atoms with Crippen LogP contribution in [0, 0.1) is 0 Å². The monoisotopic (exact) mass is 193 g/mol. The van der Waals surface area contributed by atoms with Gasteiger partial charge in [-0.05, 0) is 6.54 Å². The molecule has 13 heavy (non-hydrogen) atoms. The van der Waals surface area contributed by atoms with Gasteiger partial charge in [-0.25, -0.2) is 0 Å². The van der Waals surface area contributed by atoms with Gasteiger partial charge in [0, 0.05) is 6.92 Å². The summed E-state index contributed by atoms with van der Waals surface area (Å²) >= 11 is 0. The molecule has 0 aromatic heterocycles. The van der Waals surface area contributed by atoms with Gasteiger partial charge in [-0.3, -0.25) is 9.59 Å². The fraction of sp³-hybridized carbons (Fsp3) is 0.714. The minimum absolute atomic E-state index is 0.358. The van der Waals surface area contributed by atoms with E-state index in [1.165, 1.54) is 0 Å². The van der Waals surface area contributed by atoms with Gasteiger partial charge in [0.15, 0.2) is 0 Å². The van der Waals surface area contributed by atoms with Crippen LogP contribution in [0.1, 0.15) is 13.8 Å². The van der Waals surface area contributed by atoms with Crippen LogP contribution in [0.2, 0.25) is 0 Å². The van der Waals surface area contributed by atoms with E-state index in [4.69, 9.17) is 20.1 Å². The molecule has 4 N–H and O–H groups in total. The number of hydrogen-bond acceptors (Lipinski definition) is 4. The Morgan fingerprint density at radius 2 is 1.77 bits per heavy atom. The lowest BCUT2D eigenvalue weighted by molar-refractivity contribution is -0.140. The number of likely N-dealkylation sites (N-methyl/N-ethyl adjacent to an activating group) is 1. The van der Waals surface area contributed by atoms with Gasteiger partial charge >= 0.3 is 5.97 Å². The molecule has 6 heteroatoms. The highest BCUT2D eigenvalue weighted by molar-refractivity contribution is 5.73. The standard InChI is InChI=1S/C5H11NO3.C2H4O2/c1-2-6-4(3-7)5(8)9;1-2(3)4/h4,6-7H,2-3H2,1H3,(H,8,9);1H3,(H,3,4). The van der Waals surface area contributed by atoms with E-state index in [0.29, 0.717) is 6.54 Å². The van der Waals surface area contributed by atoms with Crippen LogP contribution in [-0.2, 0) is 9.59 Å². The van der Waals surface area contributed by atoms with E-state index >= 15 is 0 Å². The first-order chi connectivity index (χ1) is 5.95. The van der Waals surface area contributed by atoms with Crippen molar-refractivity contribution in [2.45, 2.75) is 19.9 Å². The molecule has 0 aliphatic carbocycles. The molecule has 0 saturated carbocycles. The predicted octanol–water partition coefficient (Wildman–Crippen LogP) is -0.868. The molecule has 0 saturated heterocycles. The van der Waals surface area contributed by atoms with Gasteiger partial charge in [-0.15, -0.1) is 0 Å². The molecule has 0 amide bonds. The van der Waals surface area contributed by atoms with Gasteiger partial charge in [-0.2, -0.15) is 0 Å². The zero-order chi connectivity index (χ0) is 10.9. The fourth-order valence-corrected chi connectivity index (χ4v) is 0.476. The summed E-state index contributed by atoms with van der Waals surface area (Å²) in [5, 5.41) is 26.7. The fourth-order valence-electron chi connectivity index (χ4n) is 0.476. The Kier molecular flexibility index (Phi) is 9.91. The molecule has 0 radical (unpaired) electrons. The van der Waals surface area contributed by atoms with Crippen LogP contribution >= 0.6 is 0 Å². The lowest BCUT2D eigenvalue weighted by Crippen LogP contribution is -2.39. The Hall–Kier alpha value is -1.14. The van der Waals surface area contributed by atoms with Gasteiger partial charge in [0.1, 0.15) is 6.04 Å². The number of carboxylic acids is 2. The van der Waals surface area contributed by atoms with Crippen LogP contribution in [0.15, 0.2) is 0 Å². The zero-order valence-electron chi connectivity index (χ0n) is 7.65. The molecule has 78 valence electrons. The summed E-state index contributed by atoms with van der Waals surface area (Å²) in [7, 11) is 0. The Balaban J connectivity index is 0. The molecule has 1 atom stereocenters. The molecule has 0 fully saturated rings. The van der Waals surface area contributed by atoms with E-state index in [1.54, 1.807) is 6.92 Å². The molecule has 0 aliphatic rings. The molecule has 0 aromatic rings. The van der Waals surface area contributed by atoms with E-state index < -0.39 is 18.0 Å². The van der Waals surface area contributed by atoms with Crippen molar-refractivity contribution in [1.82, 2.24) is 5.32 Å². The maximum atomic E-state index is 10.1. The number of aliphatic carboxylic acids is 2. The van der Waals surface area contributed by atoms with E-state index in [9.17, 15) is 4.79 Å². The summed E-state index contributed by atoms with van der Waals surface area (Å²) in [6.45, 7) is 3.06. The van der Waals surface area contributed by atoms with E-state index in [2.05, 4.69) is 5.32 Å². The molecule has 0 aliphatic heterocycles. The number of aliphatic hydroxyl groups is 1. The minimum Gasteiger partial charge on any atom is -0.481 e. The number of aliphatic hydroxyl groups excluding tert-OH is 1. The Bertz CT molecular complexity index is 155. The van der Waals surface area contributed by atoms with Crippen LogP contribution in [0.3, 0.4) is 0 Å². The van der Waals surface area contributed by atoms with Crippen LogP contribution in [0.5, 0.6) is 0 Å². The van der Waals surface area contributed by atoms with Gasteiger partial charge in [0.2, 0.25) is 0 Å². The third-order valence-corrected chi connectivity index (χ3v) is 0.931. The summed E-state index contributed by atoms with van der Waals surface area (Å²) in [5.41, 5.74) is 0. The smallest absolute Gasteiger partial charge is 0.323 e. The Morgan fingerprint density at radius 1 is 1.38 bits per heavy atom. The first-order valence-corrected chi connectivity index (χ1v) is 3.72. The van der Waals surface area contributed by atoms with Crippen molar-refractivity contribution in [1.29, 1.82) is 0 Å². The third-order valence-electron chi connectivity index (χ3n) is 0.931. The van der Waals surface area contributed by atoms with Crippen LogP contribution in [-0.4, -0.2) is 46.5 Å². The Morgan fingerprint density at radius 3 is 1.85 bits per heavy atom. The average Bonchev–Trinajstić information content (AvgIpc) is 1.98. The van der Waals surface area contributed by atoms with Gasteiger partial charge in [0.25, 0.3) is 5.97 Å². The summed E-state index contributed by atoms with van der Waals surface area (Å²) in [6.07, 6.45) is 0. The second-order valence-corrected chi connectivity index (χ2v) is 2.15. The van der Waals surface area contributed by atoms with Crippen molar-refractivity contribution < 1.29 is 24.9 Å². The van der Waals surface area contributed by atoms with E-state index in [1.807, 2.05) is 0 Å². The highest BCUT2D eigenvalue weighted by Gasteiger charge is 2.12. The van der Waals surface area contributed by atoms with Crippen molar-refractivity contribution >= 4 is 11.9 Å². The first kappa shape index (κ1) is 14.4. The maximum Gasteiger partial charge on any atom is 0.323 e. The number of rotatable bonds is 4. The normalized spacial score (nSPS) is 11.0. The predicted molar refractivity (Wildman–Crippen MR) is 45.5 cm³/mol. The number of carbonyl (C=O) groups is 2. The third kappa shape index (κ3) is 13.8. The summed E-state index contributed by atoms with van der Waals surface area (Å²) in [6, 6.07) is -0.810. The zero-order valence-corrected chi connectivity index (χ0v) is 7.65. The van der Waals surface area contributed by atoms with Crippen molar-refractivity contribution in [3.8, 4) is 0 Å². The Labute approximate surface area is 76.2 Å².